The van der Waals surface area contributed by atoms with E-state index in [4.69, 9.17) is 4.74 Å². The minimum atomic E-state index is -0.899. The van der Waals surface area contributed by atoms with Crippen LogP contribution >= 0.6 is 0 Å². The molecule has 0 unspecified atom stereocenters. The highest BCUT2D eigenvalue weighted by atomic mass is 16.5. The third-order valence-electron chi connectivity index (χ3n) is 3.65. The Kier molecular flexibility index (Phi) is 3.99. The monoisotopic (exact) mass is 283 g/mol. The number of esters is 1. The molecule has 112 valence electrons. The highest BCUT2D eigenvalue weighted by molar-refractivity contribution is 6.04. The van der Waals surface area contributed by atoms with Crippen molar-refractivity contribution in [3.05, 3.63) is 0 Å². The second-order valence-corrected chi connectivity index (χ2v) is 5.72. The molecule has 7 heteroatoms. The topological polar surface area (TPSA) is 79.0 Å². The molecule has 7 nitrogen and oxygen atoms in total. The summed E-state index contributed by atoms with van der Waals surface area (Å²) >= 11 is 0. The first-order chi connectivity index (χ1) is 9.38. The van der Waals surface area contributed by atoms with Crippen LogP contribution in [-0.2, 0) is 14.3 Å². The maximum atomic E-state index is 12.3. The first kappa shape index (κ1) is 14.8. The van der Waals surface area contributed by atoms with E-state index < -0.39 is 17.4 Å². The summed E-state index contributed by atoms with van der Waals surface area (Å²) in [5, 5.41) is 3.10. The van der Waals surface area contributed by atoms with Gasteiger partial charge in [0.05, 0.1) is 12.0 Å². The fourth-order valence-corrected chi connectivity index (χ4v) is 2.51. The molecule has 0 radical (unpaired) electrons. The van der Waals surface area contributed by atoms with Crippen molar-refractivity contribution < 1.29 is 19.1 Å². The Labute approximate surface area is 118 Å². The molecule has 1 atom stereocenters. The standard InChI is InChI=1S/C13H21N3O4/c1-4-20-11(18)13(2,3)8-16-10(17)9-7-14-5-6-15(9)12(16)19/h9,14H,4-8H2,1-3H3/t9-/m0/s1. The van der Waals surface area contributed by atoms with E-state index in [-0.39, 0.29) is 25.1 Å². The van der Waals surface area contributed by atoms with Crippen molar-refractivity contribution in [1.29, 1.82) is 0 Å². The van der Waals surface area contributed by atoms with E-state index in [0.717, 1.165) is 0 Å². The molecular formula is C13H21N3O4. The minimum absolute atomic E-state index is 0.0521. The lowest BCUT2D eigenvalue weighted by Gasteiger charge is -2.27. The number of hydrogen-bond acceptors (Lipinski definition) is 5. The molecule has 0 aliphatic carbocycles. The highest BCUT2D eigenvalue weighted by Gasteiger charge is 2.48. The molecule has 2 rings (SSSR count). The van der Waals surface area contributed by atoms with Crippen LogP contribution in [0.1, 0.15) is 20.8 Å². The smallest absolute Gasteiger partial charge is 0.327 e. The Morgan fingerprint density at radius 3 is 2.75 bits per heavy atom. The summed E-state index contributed by atoms with van der Waals surface area (Å²) in [6.07, 6.45) is 0. The van der Waals surface area contributed by atoms with Crippen molar-refractivity contribution in [1.82, 2.24) is 15.1 Å². The molecule has 0 aromatic heterocycles. The van der Waals surface area contributed by atoms with Gasteiger partial charge in [-0.05, 0) is 20.8 Å². The van der Waals surface area contributed by atoms with Crippen molar-refractivity contribution in [2.24, 2.45) is 5.41 Å². The number of piperazine rings is 1. The molecule has 0 aromatic carbocycles. The molecule has 0 spiro atoms. The molecule has 0 bridgehead atoms. The molecule has 20 heavy (non-hydrogen) atoms. The van der Waals surface area contributed by atoms with Crippen molar-refractivity contribution in [3.8, 4) is 0 Å². The number of nitrogens with one attached hydrogen (secondary N) is 1. The van der Waals surface area contributed by atoms with E-state index in [1.165, 1.54) is 4.90 Å². The van der Waals surface area contributed by atoms with Crippen LogP contribution in [-0.4, -0.2) is 66.5 Å². The van der Waals surface area contributed by atoms with Crippen LogP contribution in [0.15, 0.2) is 0 Å². The second kappa shape index (κ2) is 5.40. The van der Waals surface area contributed by atoms with Gasteiger partial charge < -0.3 is 15.0 Å². The Morgan fingerprint density at radius 1 is 1.45 bits per heavy atom. The van der Waals surface area contributed by atoms with Gasteiger partial charge in [0, 0.05) is 26.2 Å². The highest BCUT2D eigenvalue weighted by Crippen LogP contribution is 2.25. The predicted molar refractivity (Wildman–Crippen MR) is 70.9 cm³/mol. The van der Waals surface area contributed by atoms with Gasteiger partial charge in [-0.2, -0.15) is 0 Å². The summed E-state index contributed by atoms with van der Waals surface area (Å²) in [6, 6.07) is -0.742. The maximum absolute atomic E-state index is 12.3. The van der Waals surface area contributed by atoms with Crippen molar-refractivity contribution in [2.75, 3.05) is 32.8 Å². The summed E-state index contributed by atoms with van der Waals surface area (Å²) in [5.41, 5.74) is -0.899. The van der Waals surface area contributed by atoms with Crippen LogP contribution in [0, 0.1) is 5.41 Å². The summed E-state index contributed by atoms with van der Waals surface area (Å²) in [6.45, 7) is 7.10. The fraction of sp³-hybridized carbons (Fsp3) is 0.769. The zero-order valence-corrected chi connectivity index (χ0v) is 12.1. The Bertz CT molecular complexity index is 411. The number of urea groups is 1. The minimum Gasteiger partial charge on any atom is -0.466 e. The number of fused-ring (bicyclic) bond motifs is 1. The number of imide groups is 1. The van der Waals surface area contributed by atoms with Crippen LogP contribution in [0.4, 0.5) is 4.79 Å². The van der Waals surface area contributed by atoms with Crippen LogP contribution in [0.25, 0.3) is 0 Å². The van der Waals surface area contributed by atoms with Gasteiger partial charge in [0.1, 0.15) is 6.04 Å². The average molecular weight is 283 g/mol. The number of amides is 3. The first-order valence-electron chi connectivity index (χ1n) is 6.88. The molecule has 2 aliphatic rings. The van der Waals surface area contributed by atoms with Crippen LogP contribution < -0.4 is 5.32 Å². The predicted octanol–water partition coefficient (Wildman–Crippen LogP) is -0.188. The van der Waals surface area contributed by atoms with E-state index in [1.54, 1.807) is 25.7 Å². The summed E-state index contributed by atoms with van der Waals surface area (Å²) in [7, 11) is 0. The van der Waals surface area contributed by atoms with Gasteiger partial charge in [-0.1, -0.05) is 0 Å². The maximum Gasteiger partial charge on any atom is 0.327 e. The number of rotatable bonds is 4. The molecule has 1 N–H and O–H groups in total. The Morgan fingerprint density at radius 2 is 2.15 bits per heavy atom. The fourth-order valence-electron chi connectivity index (χ4n) is 2.51. The van der Waals surface area contributed by atoms with Gasteiger partial charge in [-0.25, -0.2) is 4.79 Å². The van der Waals surface area contributed by atoms with E-state index in [1.807, 2.05) is 0 Å². The number of hydrogen-bond donors (Lipinski definition) is 1. The molecular weight excluding hydrogens is 262 g/mol. The van der Waals surface area contributed by atoms with Crippen molar-refractivity contribution in [3.63, 3.8) is 0 Å². The molecule has 0 saturated carbocycles. The summed E-state index contributed by atoms with van der Waals surface area (Å²) in [5.74, 6) is -0.636. The largest absolute Gasteiger partial charge is 0.466 e. The van der Waals surface area contributed by atoms with Gasteiger partial charge >= 0.3 is 12.0 Å². The molecule has 2 heterocycles. The Hall–Kier alpha value is -1.63. The zero-order valence-electron chi connectivity index (χ0n) is 12.1. The number of nitrogens with zero attached hydrogens (tertiary/aromatic N) is 2. The average Bonchev–Trinajstić information content (AvgIpc) is 2.65. The normalized spacial score (nSPS) is 23.1. The zero-order chi connectivity index (χ0) is 14.9. The second-order valence-electron chi connectivity index (χ2n) is 5.72. The summed E-state index contributed by atoms with van der Waals surface area (Å²) in [4.78, 5) is 39.2. The first-order valence-corrected chi connectivity index (χ1v) is 6.88. The van der Waals surface area contributed by atoms with Crippen LogP contribution in [0.3, 0.4) is 0 Å². The van der Waals surface area contributed by atoms with Gasteiger partial charge in [-0.3, -0.25) is 14.5 Å². The molecule has 0 aromatic rings. The van der Waals surface area contributed by atoms with Crippen molar-refractivity contribution >= 4 is 17.9 Å². The number of ether oxygens (including phenoxy) is 1. The molecule has 2 fully saturated rings. The number of carbonyl (C=O) groups excluding carboxylic acids is 3. The quantitative estimate of drug-likeness (QED) is 0.571. The van der Waals surface area contributed by atoms with Crippen molar-refractivity contribution in [2.45, 2.75) is 26.8 Å². The van der Waals surface area contributed by atoms with Gasteiger partial charge in [0.25, 0.3) is 5.91 Å². The molecule has 2 aliphatic heterocycles. The SMILES string of the molecule is CCOC(=O)C(C)(C)CN1C(=O)[C@@H]2CNCCN2C1=O. The van der Waals surface area contributed by atoms with Gasteiger partial charge in [0.15, 0.2) is 0 Å². The summed E-state index contributed by atoms with van der Waals surface area (Å²) < 4.78 is 4.99. The third-order valence-corrected chi connectivity index (χ3v) is 3.65. The van der Waals surface area contributed by atoms with E-state index in [9.17, 15) is 14.4 Å². The van der Waals surface area contributed by atoms with Crippen LogP contribution in [0.5, 0.6) is 0 Å². The van der Waals surface area contributed by atoms with Crippen LogP contribution in [0.2, 0.25) is 0 Å². The molecule has 2 saturated heterocycles. The third kappa shape index (κ3) is 2.49. The van der Waals surface area contributed by atoms with E-state index in [0.29, 0.717) is 19.6 Å². The van der Waals surface area contributed by atoms with Gasteiger partial charge in [-0.15, -0.1) is 0 Å². The lowest BCUT2D eigenvalue weighted by atomic mass is 9.93. The Balaban J connectivity index is 2.11. The lowest BCUT2D eigenvalue weighted by Crippen LogP contribution is -2.51. The van der Waals surface area contributed by atoms with Gasteiger partial charge in [0.2, 0.25) is 0 Å². The van der Waals surface area contributed by atoms with E-state index in [2.05, 4.69) is 5.32 Å². The number of carbonyl (C=O) groups is 3. The van der Waals surface area contributed by atoms with E-state index >= 15 is 0 Å². The lowest BCUT2D eigenvalue weighted by molar-refractivity contribution is -0.154. The molecule has 3 amide bonds.